The van der Waals surface area contributed by atoms with Gasteiger partial charge in [0, 0.05) is 19.3 Å². The molecule has 0 heterocycles. The summed E-state index contributed by atoms with van der Waals surface area (Å²) >= 11 is 0. The highest BCUT2D eigenvalue weighted by Crippen LogP contribution is 2.17. The van der Waals surface area contributed by atoms with Gasteiger partial charge in [-0.3, -0.25) is 14.4 Å². The standard InChI is InChI=1S/C61H110O6/c1-4-7-10-13-16-18-20-22-23-24-25-26-27-28-29-30-31-32-33-34-35-36-37-39-40-42-45-48-51-54-60(63)66-57-58(56-65-59(62)53-50-47-44-15-12-9-6-3)67-61(64)55-52-49-46-43-41-38-21-19-17-14-11-8-5-2/h8,11,17,19,38,41,46,49,58H,4-7,9-10,12-16,18,20-37,39-40,42-45,47-48,50-57H2,1-3H3/b11-8-,19-17-,41-38-,49-46-. The minimum absolute atomic E-state index is 0.0984. The van der Waals surface area contributed by atoms with Crippen LogP contribution in [0.4, 0.5) is 0 Å². The Kier molecular flexibility index (Phi) is 53.8. The Bertz CT molecular complexity index is 1170. The highest BCUT2D eigenvalue weighted by molar-refractivity contribution is 5.71. The first-order valence-corrected chi connectivity index (χ1v) is 29.1. The van der Waals surface area contributed by atoms with Crippen molar-refractivity contribution in [1.82, 2.24) is 0 Å². The van der Waals surface area contributed by atoms with Gasteiger partial charge < -0.3 is 14.2 Å². The molecule has 0 radical (unpaired) electrons. The predicted molar refractivity (Wildman–Crippen MR) is 289 cm³/mol. The highest BCUT2D eigenvalue weighted by Gasteiger charge is 2.19. The maximum absolute atomic E-state index is 12.7. The van der Waals surface area contributed by atoms with Crippen molar-refractivity contribution in [1.29, 1.82) is 0 Å². The van der Waals surface area contributed by atoms with E-state index in [2.05, 4.69) is 57.2 Å². The number of rotatable bonds is 53. The first-order valence-electron chi connectivity index (χ1n) is 29.1. The molecular formula is C61H110O6. The van der Waals surface area contributed by atoms with Crippen LogP contribution in [0, 0.1) is 0 Å². The van der Waals surface area contributed by atoms with Gasteiger partial charge in [-0.1, -0.05) is 288 Å². The van der Waals surface area contributed by atoms with E-state index in [1.165, 1.54) is 193 Å². The Morgan fingerprint density at radius 3 is 0.881 bits per heavy atom. The number of carbonyl (C=O) groups excluding carboxylic acids is 3. The van der Waals surface area contributed by atoms with Gasteiger partial charge in [-0.2, -0.15) is 0 Å². The van der Waals surface area contributed by atoms with Crippen LogP contribution in [0.25, 0.3) is 0 Å². The summed E-state index contributed by atoms with van der Waals surface area (Å²) in [4.78, 5) is 37.8. The van der Waals surface area contributed by atoms with E-state index in [4.69, 9.17) is 14.2 Å². The molecule has 0 aromatic carbocycles. The van der Waals surface area contributed by atoms with E-state index in [1.54, 1.807) is 0 Å². The first kappa shape index (κ1) is 64.4. The Morgan fingerprint density at radius 2 is 0.582 bits per heavy atom. The summed E-state index contributed by atoms with van der Waals surface area (Å²) < 4.78 is 16.7. The minimum Gasteiger partial charge on any atom is -0.462 e. The maximum Gasteiger partial charge on any atom is 0.306 e. The fourth-order valence-electron chi connectivity index (χ4n) is 8.52. The molecule has 0 aliphatic heterocycles. The molecule has 0 N–H and O–H groups in total. The second kappa shape index (κ2) is 56.0. The van der Waals surface area contributed by atoms with Crippen molar-refractivity contribution in [2.24, 2.45) is 0 Å². The maximum atomic E-state index is 12.7. The molecule has 0 fully saturated rings. The molecule has 1 unspecified atom stereocenters. The molecule has 0 spiro atoms. The lowest BCUT2D eigenvalue weighted by atomic mass is 10.0. The second-order valence-corrected chi connectivity index (χ2v) is 19.5. The lowest BCUT2D eigenvalue weighted by Gasteiger charge is -2.18. The zero-order valence-electron chi connectivity index (χ0n) is 44.7. The van der Waals surface area contributed by atoms with E-state index in [-0.39, 0.29) is 37.5 Å². The molecule has 1 atom stereocenters. The number of ether oxygens (including phenoxy) is 3. The summed E-state index contributed by atoms with van der Waals surface area (Å²) in [5.74, 6) is -0.977. The molecule has 390 valence electrons. The molecule has 0 saturated heterocycles. The molecule has 0 saturated carbocycles. The van der Waals surface area contributed by atoms with Gasteiger partial charge in [0.1, 0.15) is 13.2 Å². The van der Waals surface area contributed by atoms with Crippen LogP contribution in [-0.4, -0.2) is 37.2 Å². The molecule has 0 rings (SSSR count). The van der Waals surface area contributed by atoms with Gasteiger partial charge in [-0.15, -0.1) is 0 Å². The van der Waals surface area contributed by atoms with Crippen molar-refractivity contribution < 1.29 is 28.6 Å². The highest BCUT2D eigenvalue weighted by atomic mass is 16.6. The topological polar surface area (TPSA) is 78.9 Å². The Labute approximate surface area is 416 Å². The van der Waals surface area contributed by atoms with Crippen LogP contribution in [0.15, 0.2) is 48.6 Å². The van der Waals surface area contributed by atoms with Crippen LogP contribution >= 0.6 is 0 Å². The summed E-state index contributed by atoms with van der Waals surface area (Å²) in [5.41, 5.74) is 0. The zero-order valence-corrected chi connectivity index (χ0v) is 44.7. The summed E-state index contributed by atoms with van der Waals surface area (Å²) in [6, 6.07) is 0. The fourth-order valence-corrected chi connectivity index (χ4v) is 8.52. The molecule has 0 aromatic rings. The Balaban J connectivity index is 4.03. The SMILES string of the molecule is CC/C=C\C/C=C\C/C=C\C/C=C\CCC(=O)OC(COC(=O)CCCCCCCCC)COC(=O)CCCCCCCCCCCCCCCCCCCCCCCCCCCCCCC. The van der Waals surface area contributed by atoms with Gasteiger partial charge >= 0.3 is 17.9 Å². The number of hydrogen-bond donors (Lipinski definition) is 0. The zero-order chi connectivity index (χ0) is 48.6. The van der Waals surface area contributed by atoms with Crippen molar-refractivity contribution in [3.05, 3.63) is 48.6 Å². The van der Waals surface area contributed by atoms with Crippen molar-refractivity contribution in [3.8, 4) is 0 Å². The Hall–Kier alpha value is -2.63. The normalized spacial score (nSPS) is 12.3. The largest absolute Gasteiger partial charge is 0.462 e. The molecule has 67 heavy (non-hydrogen) atoms. The van der Waals surface area contributed by atoms with Crippen LogP contribution in [0.5, 0.6) is 0 Å². The van der Waals surface area contributed by atoms with E-state index >= 15 is 0 Å². The number of hydrogen-bond acceptors (Lipinski definition) is 6. The summed E-state index contributed by atoms with van der Waals surface area (Å²) in [6.07, 6.45) is 68.9. The molecule has 0 aromatic heterocycles. The van der Waals surface area contributed by atoms with Crippen LogP contribution in [0.2, 0.25) is 0 Å². The average molecular weight is 940 g/mol. The number of esters is 3. The number of allylic oxidation sites excluding steroid dienone is 8. The molecule has 0 amide bonds. The first-order chi connectivity index (χ1) is 33.0. The number of unbranched alkanes of at least 4 members (excludes halogenated alkanes) is 34. The summed E-state index contributed by atoms with van der Waals surface area (Å²) in [6.45, 7) is 6.45. The third kappa shape index (κ3) is 54.2. The lowest BCUT2D eigenvalue weighted by Crippen LogP contribution is -2.30. The monoisotopic (exact) mass is 939 g/mol. The summed E-state index contributed by atoms with van der Waals surface area (Å²) in [5, 5.41) is 0. The van der Waals surface area contributed by atoms with Gasteiger partial charge in [0.25, 0.3) is 0 Å². The number of carbonyl (C=O) groups is 3. The third-order valence-electron chi connectivity index (χ3n) is 12.9. The van der Waals surface area contributed by atoms with E-state index in [0.717, 1.165) is 64.2 Å². The van der Waals surface area contributed by atoms with Crippen molar-refractivity contribution in [3.63, 3.8) is 0 Å². The van der Waals surface area contributed by atoms with Crippen LogP contribution in [0.1, 0.15) is 303 Å². The third-order valence-corrected chi connectivity index (χ3v) is 12.9. The fraction of sp³-hybridized carbons (Fsp3) is 0.820. The van der Waals surface area contributed by atoms with Crippen molar-refractivity contribution in [2.45, 2.75) is 309 Å². The van der Waals surface area contributed by atoms with Gasteiger partial charge in [-0.05, 0) is 44.9 Å². The molecular weight excluding hydrogens is 829 g/mol. The average Bonchev–Trinajstić information content (AvgIpc) is 3.33. The van der Waals surface area contributed by atoms with Crippen LogP contribution in [-0.2, 0) is 28.6 Å². The minimum atomic E-state index is -0.805. The second-order valence-electron chi connectivity index (χ2n) is 19.5. The van der Waals surface area contributed by atoms with Gasteiger partial charge in [0.2, 0.25) is 0 Å². The quantitative estimate of drug-likeness (QED) is 0.0262. The lowest BCUT2D eigenvalue weighted by molar-refractivity contribution is -0.166. The summed E-state index contributed by atoms with van der Waals surface area (Å²) in [7, 11) is 0. The van der Waals surface area contributed by atoms with Crippen LogP contribution in [0.3, 0.4) is 0 Å². The molecule has 6 nitrogen and oxygen atoms in total. The van der Waals surface area contributed by atoms with Gasteiger partial charge in [-0.25, -0.2) is 0 Å². The van der Waals surface area contributed by atoms with Crippen molar-refractivity contribution >= 4 is 17.9 Å². The molecule has 0 aliphatic rings. The molecule has 6 heteroatoms. The van der Waals surface area contributed by atoms with Gasteiger partial charge in [0.05, 0.1) is 0 Å². The van der Waals surface area contributed by atoms with E-state index in [1.807, 2.05) is 12.2 Å². The smallest absolute Gasteiger partial charge is 0.306 e. The van der Waals surface area contributed by atoms with E-state index in [9.17, 15) is 14.4 Å². The molecule has 0 aliphatic carbocycles. The van der Waals surface area contributed by atoms with Gasteiger partial charge in [0.15, 0.2) is 6.10 Å². The Morgan fingerprint density at radius 1 is 0.313 bits per heavy atom. The van der Waals surface area contributed by atoms with E-state index in [0.29, 0.717) is 19.3 Å². The van der Waals surface area contributed by atoms with Crippen LogP contribution < -0.4 is 0 Å². The molecule has 0 bridgehead atoms. The predicted octanol–water partition coefficient (Wildman–Crippen LogP) is 19.4. The van der Waals surface area contributed by atoms with Crippen molar-refractivity contribution in [2.75, 3.05) is 13.2 Å². The van der Waals surface area contributed by atoms with E-state index < -0.39 is 6.10 Å².